The lowest BCUT2D eigenvalue weighted by molar-refractivity contribution is 0.102. The van der Waals surface area contributed by atoms with Crippen LogP contribution in [-0.4, -0.2) is 26.9 Å². The third-order valence-electron chi connectivity index (χ3n) is 4.46. The van der Waals surface area contributed by atoms with E-state index in [1.165, 1.54) is 0 Å². The summed E-state index contributed by atoms with van der Waals surface area (Å²) in [6.07, 6.45) is 10.6. The van der Waals surface area contributed by atoms with Gasteiger partial charge in [0.05, 0.1) is 18.6 Å². The van der Waals surface area contributed by atoms with Gasteiger partial charge in [-0.25, -0.2) is 4.98 Å². The fraction of sp³-hybridized carbons (Fsp3) is 0.190. The van der Waals surface area contributed by atoms with E-state index in [-0.39, 0.29) is 5.78 Å². The number of pyridine rings is 1. The highest BCUT2D eigenvalue weighted by molar-refractivity contribution is 6.13. The van der Waals surface area contributed by atoms with Crippen molar-refractivity contribution in [3.63, 3.8) is 0 Å². The average Bonchev–Trinajstić information content (AvgIpc) is 3.18. The summed E-state index contributed by atoms with van der Waals surface area (Å²) in [6.45, 7) is 1.31. The van der Waals surface area contributed by atoms with Gasteiger partial charge in [-0.05, 0) is 54.8 Å². The Bertz CT molecular complexity index is 931. The van der Waals surface area contributed by atoms with E-state index >= 15 is 0 Å². The van der Waals surface area contributed by atoms with Crippen LogP contribution in [-0.2, 0) is 13.0 Å². The molecule has 0 radical (unpaired) electrons. The second-order valence-electron chi connectivity index (χ2n) is 6.22. The number of carbonyl (C=O) groups is 1. The first-order valence-electron chi connectivity index (χ1n) is 8.67. The van der Waals surface area contributed by atoms with Crippen LogP contribution in [0.25, 0.3) is 6.08 Å². The van der Waals surface area contributed by atoms with Crippen LogP contribution in [0.2, 0.25) is 0 Å². The zero-order valence-electron chi connectivity index (χ0n) is 14.3. The molecule has 1 aliphatic carbocycles. The Balaban J connectivity index is 1.46. The monoisotopic (exact) mass is 345 g/mol. The lowest BCUT2D eigenvalue weighted by Gasteiger charge is -2.18. The van der Waals surface area contributed by atoms with Gasteiger partial charge < -0.3 is 9.30 Å². The van der Waals surface area contributed by atoms with Crippen LogP contribution in [0.15, 0.2) is 66.9 Å². The van der Waals surface area contributed by atoms with Crippen LogP contribution in [0.1, 0.15) is 28.0 Å². The zero-order chi connectivity index (χ0) is 17.8. The fourth-order valence-electron chi connectivity index (χ4n) is 3.11. The molecule has 5 nitrogen and oxygen atoms in total. The van der Waals surface area contributed by atoms with Gasteiger partial charge in [-0.15, -0.1) is 0 Å². The van der Waals surface area contributed by atoms with Gasteiger partial charge in [0.1, 0.15) is 12.4 Å². The highest BCUT2D eigenvalue weighted by Gasteiger charge is 2.22. The molecule has 0 amide bonds. The van der Waals surface area contributed by atoms with Crippen molar-refractivity contribution >= 4 is 11.9 Å². The number of ketones is 1. The molecule has 130 valence electrons. The molecular formula is C21H19N3O2. The smallest absolute Gasteiger partial charge is 0.189 e. The number of allylic oxidation sites excluding steroid dienone is 1. The van der Waals surface area contributed by atoms with Crippen molar-refractivity contribution in [2.75, 3.05) is 6.61 Å². The van der Waals surface area contributed by atoms with Crippen LogP contribution in [0.4, 0.5) is 0 Å². The summed E-state index contributed by atoms with van der Waals surface area (Å²) in [4.78, 5) is 21.0. The zero-order valence-corrected chi connectivity index (χ0v) is 14.3. The maximum absolute atomic E-state index is 12.8. The first-order valence-corrected chi connectivity index (χ1v) is 8.67. The molecule has 5 heteroatoms. The van der Waals surface area contributed by atoms with E-state index in [0.29, 0.717) is 6.61 Å². The van der Waals surface area contributed by atoms with Gasteiger partial charge >= 0.3 is 0 Å². The number of fused-ring (bicyclic) bond motifs is 1. The SMILES string of the molecule is O=C1C(=Cc2ccccn2)CCc2cc(OCCn3ccnc3)ccc21. The molecule has 0 N–H and O–H groups in total. The van der Waals surface area contributed by atoms with Crippen LogP contribution in [0.3, 0.4) is 0 Å². The number of hydrogen-bond acceptors (Lipinski definition) is 4. The number of aromatic nitrogens is 3. The maximum Gasteiger partial charge on any atom is 0.189 e. The van der Waals surface area contributed by atoms with Gasteiger partial charge in [0, 0.05) is 29.7 Å². The number of hydrogen-bond donors (Lipinski definition) is 0. The Morgan fingerprint density at radius 1 is 1.15 bits per heavy atom. The van der Waals surface area contributed by atoms with Crippen molar-refractivity contribution < 1.29 is 9.53 Å². The molecule has 0 atom stereocenters. The third kappa shape index (κ3) is 3.57. The molecule has 1 aliphatic rings. The van der Waals surface area contributed by atoms with Gasteiger partial charge in [-0.3, -0.25) is 9.78 Å². The first-order chi connectivity index (χ1) is 12.8. The van der Waals surface area contributed by atoms with Crippen molar-refractivity contribution in [3.05, 3.63) is 83.7 Å². The normalized spacial score (nSPS) is 15.1. The molecule has 2 aromatic heterocycles. The van der Waals surface area contributed by atoms with Crippen molar-refractivity contribution in [3.8, 4) is 5.75 Å². The van der Waals surface area contributed by atoms with E-state index < -0.39 is 0 Å². The Morgan fingerprint density at radius 3 is 2.92 bits per heavy atom. The number of benzene rings is 1. The lowest BCUT2D eigenvalue weighted by Crippen LogP contribution is -2.14. The van der Waals surface area contributed by atoms with Crippen LogP contribution in [0.5, 0.6) is 5.75 Å². The molecule has 0 bridgehead atoms. The summed E-state index contributed by atoms with van der Waals surface area (Å²) in [5, 5.41) is 0. The number of imidazole rings is 1. The van der Waals surface area contributed by atoms with Gasteiger partial charge in [0.15, 0.2) is 5.78 Å². The molecule has 1 aromatic carbocycles. The topological polar surface area (TPSA) is 57.0 Å². The van der Waals surface area contributed by atoms with Crippen molar-refractivity contribution in [2.24, 2.45) is 0 Å². The van der Waals surface area contributed by atoms with Gasteiger partial charge in [-0.1, -0.05) is 6.07 Å². The summed E-state index contributed by atoms with van der Waals surface area (Å²) >= 11 is 0. The molecule has 2 heterocycles. The second kappa shape index (κ2) is 7.35. The largest absolute Gasteiger partial charge is 0.492 e. The molecule has 4 rings (SSSR count). The van der Waals surface area contributed by atoms with Crippen LogP contribution < -0.4 is 4.74 Å². The molecule has 3 aromatic rings. The fourth-order valence-corrected chi connectivity index (χ4v) is 3.11. The van der Waals surface area contributed by atoms with Crippen molar-refractivity contribution in [1.29, 1.82) is 0 Å². The molecular weight excluding hydrogens is 326 g/mol. The Kier molecular flexibility index (Phi) is 4.60. The van der Waals surface area contributed by atoms with E-state index in [1.54, 1.807) is 18.7 Å². The third-order valence-corrected chi connectivity index (χ3v) is 4.46. The summed E-state index contributed by atoms with van der Waals surface area (Å²) in [5.41, 5.74) is 3.44. The van der Waals surface area contributed by atoms with E-state index in [0.717, 1.165) is 47.5 Å². The quantitative estimate of drug-likeness (QED) is 0.663. The Morgan fingerprint density at radius 2 is 2.12 bits per heavy atom. The molecule has 0 saturated heterocycles. The summed E-state index contributed by atoms with van der Waals surface area (Å²) in [5.74, 6) is 0.885. The van der Waals surface area contributed by atoms with E-state index in [1.807, 2.05) is 53.2 Å². The number of nitrogens with zero attached hydrogens (tertiary/aromatic N) is 3. The van der Waals surface area contributed by atoms with Crippen LogP contribution in [0, 0.1) is 0 Å². The van der Waals surface area contributed by atoms with Crippen molar-refractivity contribution in [2.45, 2.75) is 19.4 Å². The predicted octanol–water partition coefficient (Wildman–Crippen LogP) is 3.57. The molecule has 0 spiro atoms. The molecule has 0 unspecified atom stereocenters. The minimum atomic E-state index is 0.0851. The second-order valence-corrected chi connectivity index (χ2v) is 6.22. The average molecular weight is 345 g/mol. The summed E-state index contributed by atoms with van der Waals surface area (Å²) in [7, 11) is 0. The molecule has 26 heavy (non-hydrogen) atoms. The Labute approximate surface area is 152 Å². The first kappa shape index (κ1) is 16.3. The highest BCUT2D eigenvalue weighted by Crippen LogP contribution is 2.29. The van der Waals surface area contributed by atoms with Crippen LogP contribution >= 0.6 is 0 Å². The summed E-state index contributed by atoms with van der Waals surface area (Å²) in [6, 6.07) is 11.4. The lowest BCUT2D eigenvalue weighted by atomic mass is 9.86. The molecule has 0 saturated carbocycles. The summed E-state index contributed by atoms with van der Waals surface area (Å²) < 4.78 is 7.79. The predicted molar refractivity (Wildman–Crippen MR) is 99.0 cm³/mol. The number of ether oxygens (including phenoxy) is 1. The highest BCUT2D eigenvalue weighted by atomic mass is 16.5. The van der Waals surface area contributed by atoms with Gasteiger partial charge in [-0.2, -0.15) is 0 Å². The van der Waals surface area contributed by atoms with E-state index in [9.17, 15) is 4.79 Å². The number of Topliss-reactive ketones (excluding diaryl/α,β-unsaturated/α-hetero) is 1. The molecule has 0 fully saturated rings. The number of aryl methyl sites for hydroxylation is 1. The number of rotatable bonds is 5. The minimum absolute atomic E-state index is 0.0851. The van der Waals surface area contributed by atoms with Crippen molar-refractivity contribution in [1.82, 2.24) is 14.5 Å². The Hall–Kier alpha value is -3.21. The van der Waals surface area contributed by atoms with Gasteiger partial charge in [0.25, 0.3) is 0 Å². The maximum atomic E-state index is 12.8. The minimum Gasteiger partial charge on any atom is -0.492 e. The van der Waals surface area contributed by atoms with E-state index in [4.69, 9.17) is 4.74 Å². The molecule has 0 aliphatic heterocycles. The van der Waals surface area contributed by atoms with Gasteiger partial charge in [0.2, 0.25) is 0 Å². The standard InChI is InChI=1S/C21H19N3O2/c25-21-17(13-18-3-1-2-8-23-18)5-4-16-14-19(6-7-20(16)21)26-12-11-24-10-9-22-15-24/h1-3,6-10,13-15H,4-5,11-12H2. The number of carbonyl (C=O) groups excluding carboxylic acids is 1. The van der Waals surface area contributed by atoms with E-state index in [2.05, 4.69) is 9.97 Å².